The number of rotatable bonds is 9. The number of aromatic nitrogens is 4. The van der Waals surface area contributed by atoms with Crippen LogP contribution in [0.4, 0.5) is 0 Å². The number of benzene rings is 2. The Bertz CT molecular complexity index is 1230. The quantitative estimate of drug-likeness (QED) is 0.228. The van der Waals surface area contributed by atoms with E-state index in [2.05, 4.69) is 53.3 Å². The number of hydrogen-bond acceptors (Lipinski definition) is 7. The maximum Gasteiger partial charge on any atom is 0.192 e. The highest BCUT2D eigenvalue weighted by Crippen LogP contribution is 2.34. The lowest BCUT2D eigenvalue weighted by Gasteiger charge is -2.11. The number of ether oxygens (including phenoxy) is 2. The van der Waals surface area contributed by atoms with Crippen molar-refractivity contribution in [3.8, 4) is 33.5 Å². The van der Waals surface area contributed by atoms with Crippen LogP contribution in [0.2, 0.25) is 0 Å². The Balaban J connectivity index is 1.55. The predicted molar refractivity (Wildman–Crippen MR) is 131 cm³/mol. The first-order valence-electron chi connectivity index (χ1n) is 10.0. The summed E-state index contributed by atoms with van der Waals surface area (Å²) in [6.45, 7) is 6.59. The molecule has 0 fully saturated rings. The van der Waals surface area contributed by atoms with Gasteiger partial charge in [0.25, 0.3) is 0 Å². The first-order chi connectivity index (χ1) is 15.6. The maximum absolute atomic E-state index is 5.44. The largest absolute Gasteiger partial charge is 0.493 e. The Labute approximate surface area is 196 Å². The van der Waals surface area contributed by atoms with Crippen molar-refractivity contribution >= 4 is 23.1 Å². The van der Waals surface area contributed by atoms with Gasteiger partial charge in [-0.15, -0.1) is 28.1 Å². The third-order valence-electron chi connectivity index (χ3n) is 4.84. The number of aryl methyl sites for hydroxylation is 1. The average Bonchev–Trinajstić information content (AvgIpc) is 3.45. The third-order valence-corrected chi connectivity index (χ3v) is 6.78. The van der Waals surface area contributed by atoms with Crippen LogP contribution in [0.25, 0.3) is 22.0 Å². The zero-order chi connectivity index (χ0) is 22.5. The summed E-state index contributed by atoms with van der Waals surface area (Å²) in [5, 5.41) is 12.8. The SMILES string of the molecule is C=CCn1c(SCc2csc(-c3cccc(C)c3)n2)nnc1-c1ccc(OC)c(OC)c1. The fourth-order valence-corrected chi connectivity index (χ4v) is 5.06. The normalized spacial score (nSPS) is 10.8. The van der Waals surface area contributed by atoms with Gasteiger partial charge in [0.1, 0.15) is 5.01 Å². The summed E-state index contributed by atoms with van der Waals surface area (Å²) in [7, 11) is 3.24. The van der Waals surface area contributed by atoms with Crippen LogP contribution < -0.4 is 9.47 Å². The van der Waals surface area contributed by atoms with Gasteiger partial charge in [-0.1, -0.05) is 41.6 Å². The zero-order valence-electron chi connectivity index (χ0n) is 18.2. The van der Waals surface area contributed by atoms with Crippen molar-refractivity contribution in [1.29, 1.82) is 0 Å². The number of thiazole rings is 1. The van der Waals surface area contributed by atoms with Crippen LogP contribution in [0.3, 0.4) is 0 Å². The Morgan fingerprint density at radius 1 is 1.06 bits per heavy atom. The second-order valence-electron chi connectivity index (χ2n) is 7.08. The summed E-state index contributed by atoms with van der Waals surface area (Å²) in [4.78, 5) is 4.81. The number of allylic oxidation sites excluding steroid dienone is 1. The highest BCUT2D eigenvalue weighted by Gasteiger charge is 2.16. The van der Waals surface area contributed by atoms with Gasteiger partial charge in [0.15, 0.2) is 22.5 Å². The topological polar surface area (TPSA) is 62.1 Å². The van der Waals surface area contributed by atoms with E-state index in [4.69, 9.17) is 14.5 Å². The minimum Gasteiger partial charge on any atom is -0.493 e. The van der Waals surface area contributed by atoms with Crippen LogP contribution in [0.5, 0.6) is 11.5 Å². The van der Waals surface area contributed by atoms with Gasteiger partial charge in [0, 0.05) is 28.8 Å². The van der Waals surface area contributed by atoms with E-state index in [1.807, 2.05) is 28.8 Å². The van der Waals surface area contributed by atoms with Crippen molar-refractivity contribution in [3.05, 3.63) is 71.8 Å². The molecule has 0 spiro atoms. The summed E-state index contributed by atoms with van der Waals surface area (Å²) < 4.78 is 12.8. The second-order valence-corrected chi connectivity index (χ2v) is 8.88. The summed E-state index contributed by atoms with van der Waals surface area (Å²) in [6.07, 6.45) is 1.84. The lowest BCUT2D eigenvalue weighted by atomic mass is 10.1. The maximum atomic E-state index is 5.44. The molecule has 32 heavy (non-hydrogen) atoms. The summed E-state index contributed by atoms with van der Waals surface area (Å²) in [5.41, 5.74) is 4.31. The minimum absolute atomic E-state index is 0.602. The molecular weight excluding hydrogens is 440 g/mol. The molecule has 8 heteroatoms. The van der Waals surface area contributed by atoms with Crippen molar-refractivity contribution in [2.45, 2.75) is 24.4 Å². The minimum atomic E-state index is 0.602. The molecule has 0 saturated carbocycles. The summed E-state index contributed by atoms with van der Waals surface area (Å²) >= 11 is 3.28. The second kappa shape index (κ2) is 10.0. The first-order valence-corrected chi connectivity index (χ1v) is 11.9. The smallest absolute Gasteiger partial charge is 0.192 e. The van der Waals surface area contributed by atoms with E-state index in [0.717, 1.165) is 32.8 Å². The molecule has 0 amide bonds. The molecule has 6 nitrogen and oxygen atoms in total. The van der Waals surface area contributed by atoms with Gasteiger partial charge in [-0.05, 0) is 31.2 Å². The van der Waals surface area contributed by atoms with Crippen molar-refractivity contribution in [2.75, 3.05) is 14.2 Å². The third kappa shape index (κ3) is 4.71. The number of thioether (sulfide) groups is 1. The molecule has 4 aromatic rings. The van der Waals surface area contributed by atoms with Crippen molar-refractivity contribution in [1.82, 2.24) is 19.7 Å². The van der Waals surface area contributed by atoms with Crippen LogP contribution >= 0.6 is 23.1 Å². The van der Waals surface area contributed by atoms with Gasteiger partial charge < -0.3 is 9.47 Å². The van der Waals surface area contributed by atoms with E-state index < -0.39 is 0 Å². The molecule has 2 aromatic carbocycles. The Morgan fingerprint density at radius 3 is 2.66 bits per heavy atom. The molecule has 0 bridgehead atoms. The molecule has 0 N–H and O–H groups in total. The average molecular weight is 465 g/mol. The predicted octanol–water partition coefficient (Wildman–Crippen LogP) is 5.87. The van der Waals surface area contributed by atoms with E-state index in [0.29, 0.717) is 23.8 Å². The fourth-order valence-electron chi connectivity index (χ4n) is 3.30. The molecular formula is C24H24N4O2S2. The molecule has 0 radical (unpaired) electrons. The number of nitrogens with zero attached hydrogens (tertiary/aromatic N) is 4. The molecule has 2 aromatic heterocycles. The molecule has 2 heterocycles. The number of methoxy groups -OCH3 is 2. The lowest BCUT2D eigenvalue weighted by Crippen LogP contribution is -2.01. The zero-order valence-corrected chi connectivity index (χ0v) is 19.9. The van der Waals surface area contributed by atoms with Gasteiger partial charge in [0.2, 0.25) is 0 Å². The van der Waals surface area contributed by atoms with Crippen LogP contribution in [0.15, 0.2) is 65.7 Å². The molecule has 0 atom stereocenters. The van der Waals surface area contributed by atoms with Gasteiger partial charge >= 0.3 is 0 Å². The van der Waals surface area contributed by atoms with E-state index in [-0.39, 0.29) is 0 Å². The van der Waals surface area contributed by atoms with E-state index in [1.165, 1.54) is 5.56 Å². The molecule has 164 valence electrons. The van der Waals surface area contributed by atoms with Crippen molar-refractivity contribution in [3.63, 3.8) is 0 Å². The van der Waals surface area contributed by atoms with E-state index in [9.17, 15) is 0 Å². The standard InChI is InChI=1S/C24H24N4O2S2/c1-5-11-28-22(17-9-10-20(29-3)21(13-17)30-4)26-27-24(28)32-15-19-14-31-23(25-19)18-8-6-7-16(2)12-18/h5-10,12-14H,1,11,15H2,2-4H3. The highest BCUT2D eigenvalue weighted by atomic mass is 32.2. The molecule has 4 rings (SSSR count). The van der Waals surface area contributed by atoms with Crippen LogP contribution in [0.1, 0.15) is 11.3 Å². The van der Waals surface area contributed by atoms with Gasteiger partial charge in [0.05, 0.1) is 19.9 Å². The van der Waals surface area contributed by atoms with Gasteiger partial charge in [-0.25, -0.2) is 4.98 Å². The lowest BCUT2D eigenvalue weighted by molar-refractivity contribution is 0.355. The van der Waals surface area contributed by atoms with Gasteiger partial charge in [-0.2, -0.15) is 0 Å². The summed E-state index contributed by atoms with van der Waals surface area (Å²) in [6, 6.07) is 14.1. The van der Waals surface area contributed by atoms with Crippen LogP contribution in [0, 0.1) is 6.92 Å². The fraction of sp³-hybridized carbons (Fsp3) is 0.208. The van der Waals surface area contributed by atoms with Crippen molar-refractivity contribution in [2.24, 2.45) is 0 Å². The Kier molecular flexibility index (Phi) is 6.92. The molecule has 0 unspecified atom stereocenters. The van der Waals surface area contributed by atoms with E-state index in [1.54, 1.807) is 37.3 Å². The van der Waals surface area contributed by atoms with Crippen LogP contribution in [-0.4, -0.2) is 34.0 Å². The first kappa shape index (κ1) is 22.1. The molecule has 0 aliphatic heterocycles. The van der Waals surface area contributed by atoms with Crippen molar-refractivity contribution < 1.29 is 9.47 Å². The van der Waals surface area contributed by atoms with Gasteiger partial charge in [-0.3, -0.25) is 4.57 Å². The van der Waals surface area contributed by atoms with E-state index >= 15 is 0 Å². The summed E-state index contributed by atoms with van der Waals surface area (Å²) in [5.74, 6) is 2.79. The monoisotopic (exact) mass is 464 g/mol. The Hall–Kier alpha value is -3.10. The van der Waals surface area contributed by atoms with Crippen LogP contribution in [-0.2, 0) is 12.3 Å². The Morgan fingerprint density at radius 2 is 1.91 bits per heavy atom. The highest BCUT2D eigenvalue weighted by molar-refractivity contribution is 7.98. The molecule has 0 aliphatic carbocycles. The molecule has 0 aliphatic rings. The molecule has 0 saturated heterocycles. The number of hydrogen-bond donors (Lipinski definition) is 0.